The Hall–Kier alpha value is -2.23. The lowest BCUT2D eigenvalue weighted by Crippen LogP contribution is -2.43. The number of rotatable bonds is 5. The molecule has 1 aliphatic heterocycles. The van der Waals surface area contributed by atoms with Gasteiger partial charge in [-0.1, -0.05) is 11.6 Å². The smallest absolute Gasteiger partial charge is 0.246 e. The number of ether oxygens (including phenoxy) is 1. The zero-order valence-electron chi connectivity index (χ0n) is 15.5. The molecular weight excluding hydrogens is 426 g/mol. The highest BCUT2D eigenvalue weighted by atomic mass is 35.5. The van der Waals surface area contributed by atoms with Gasteiger partial charge < -0.3 is 10.1 Å². The van der Waals surface area contributed by atoms with E-state index in [1.807, 2.05) is 0 Å². The number of benzene rings is 2. The van der Waals surface area contributed by atoms with Crippen LogP contribution in [0.15, 0.2) is 41.3 Å². The molecule has 0 aromatic heterocycles. The van der Waals surface area contributed by atoms with Crippen molar-refractivity contribution in [3.8, 4) is 5.75 Å². The van der Waals surface area contributed by atoms with Crippen LogP contribution in [0.5, 0.6) is 5.75 Å². The molecule has 1 aliphatic rings. The van der Waals surface area contributed by atoms with Crippen LogP contribution >= 0.6 is 11.6 Å². The second-order valence-electron chi connectivity index (χ2n) is 6.62. The Bertz CT molecular complexity index is 1030. The maximum atomic E-state index is 13.3. The van der Waals surface area contributed by atoms with Crippen LogP contribution < -0.4 is 10.1 Å². The quantitative estimate of drug-likeness (QED) is 0.763. The van der Waals surface area contributed by atoms with E-state index in [9.17, 15) is 22.0 Å². The van der Waals surface area contributed by atoms with Crippen molar-refractivity contribution in [2.75, 3.05) is 25.5 Å². The maximum absolute atomic E-state index is 13.3. The van der Waals surface area contributed by atoms with Gasteiger partial charge >= 0.3 is 0 Å². The second-order valence-corrected chi connectivity index (χ2v) is 8.96. The van der Waals surface area contributed by atoms with E-state index in [1.54, 1.807) is 0 Å². The molecule has 1 saturated heterocycles. The SMILES string of the molecule is COc1ccc(Cl)cc1S(=O)(=O)N1CCC[C@@H](C(=O)Nc2ccc(F)c(F)c2)C1. The van der Waals surface area contributed by atoms with E-state index < -0.39 is 33.5 Å². The molecule has 0 radical (unpaired) electrons. The van der Waals surface area contributed by atoms with Crippen molar-refractivity contribution in [3.05, 3.63) is 53.1 Å². The normalized spacial score (nSPS) is 17.7. The van der Waals surface area contributed by atoms with Crippen molar-refractivity contribution < 1.29 is 26.7 Å². The van der Waals surface area contributed by atoms with Gasteiger partial charge in [-0.25, -0.2) is 17.2 Å². The van der Waals surface area contributed by atoms with Gasteiger partial charge in [-0.2, -0.15) is 4.31 Å². The molecule has 1 N–H and O–H groups in total. The van der Waals surface area contributed by atoms with Crippen LogP contribution in [-0.2, 0) is 14.8 Å². The van der Waals surface area contributed by atoms with E-state index in [-0.39, 0.29) is 34.4 Å². The molecule has 10 heteroatoms. The Kier molecular flexibility index (Phi) is 6.40. The molecule has 1 heterocycles. The van der Waals surface area contributed by atoms with Gasteiger partial charge in [-0.05, 0) is 43.2 Å². The Morgan fingerprint density at radius 1 is 1.21 bits per heavy atom. The first-order chi connectivity index (χ1) is 13.7. The highest BCUT2D eigenvalue weighted by molar-refractivity contribution is 7.89. The standard InChI is InChI=1S/C19H19ClF2N2O4S/c1-28-17-7-4-13(20)9-18(17)29(26,27)24-8-2-3-12(11-24)19(25)23-14-5-6-15(21)16(22)10-14/h4-7,9-10,12H,2-3,8,11H2,1H3,(H,23,25)/t12-/m1/s1. The largest absolute Gasteiger partial charge is 0.495 e. The zero-order valence-corrected chi connectivity index (χ0v) is 17.1. The molecule has 0 spiro atoms. The van der Waals surface area contributed by atoms with Crippen molar-refractivity contribution in [3.63, 3.8) is 0 Å². The summed E-state index contributed by atoms with van der Waals surface area (Å²) in [5.41, 5.74) is 0.102. The first-order valence-corrected chi connectivity index (χ1v) is 10.6. The van der Waals surface area contributed by atoms with Gasteiger partial charge in [-0.3, -0.25) is 4.79 Å². The van der Waals surface area contributed by atoms with Crippen LogP contribution in [0, 0.1) is 17.6 Å². The third-order valence-corrected chi connectivity index (χ3v) is 6.81. The number of carbonyl (C=O) groups excluding carboxylic acids is 1. The maximum Gasteiger partial charge on any atom is 0.246 e. The van der Waals surface area contributed by atoms with Crippen LogP contribution in [0.3, 0.4) is 0 Å². The molecule has 1 fully saturated rings. The topological polar surface area (TPSA) is 75.7 Å². The van der Waals surface area contributed by atoms with Gasteiger partial charge in [0, 0.05) is 29.9 Å². The molecule has 0 unspecified atom stereocenters. The number of anilines is 1. The van der Waals surface area contributed by atoms with E-state index >= 15 is 0 Å². The molecule has 2 aromatic rings. The van der Waals surface area contributed by atoms with E-state index in [4.69, 9.17) is 16.3 Å². The fourth-order valence-electron chi connectivity index (χ4n) is 3.18. The predicted octanol–water partition coefficient (Wildman–Crippen LogP) is 3.67. The van der Waals surface area contributed by atoms with E-state index in [1.165, 1.54) is 35.7 Å². The lowest BCUT2D eigenvalue weighted by Gasteiger charge is -2.31. The van der Waals surface area contributed by atoms with Crippen molar-refractivity contribution >= 4 is 33.2 Å². The van der Waals surface area contributed by atoms with Gasteiger partial charge in [0.2, 0.25) is 15.9 Å². The fourth-order valence-corrected chi connectivity index (χ4v) is 5.13. The third-order valence-electron chi connectivity index (χ3n) is 4.69. The Labute approximate surface area is 172 Å². The average molecular weight is 445 g/mol. The molecule has 6 nitrogen and oxygen atoms in total. The van der Waals surface area contributed by atoms with Crippen LogP contribution in [0.25, 0.3) is 0 Å². The molecule has 0 bridgehead atoms. The molecule has 1 amide bonds. The number of amides is 1. The predicted molar refractivity (Wildman–Crippen MR) is 104 cm³/mol. The average Bonchev–Trinajstić information content (AvgIpc) is 2.70. The molecular formula is C19H19ClF2N2O4S. The van der Waals surface area contributed by atoms with E-state index in [2.05, 4.69) is 5.32 Å². The molecule has 156 valence electrons. The first kappa shape index (κ1) is 21.5. The summed E-state index contributed by atoms with van der Waals surface area (Å²) in [7, 11) is -2.59. The minimum absolute atomic E-state index is 0.0481. The van der Waals surface area contributed by atoms with Gasteiger partial charge in [0.15, 0.2) is 11.6 Å². The number of nitrogens with one attached hydrogen (secondary N) is 1. The van der Waals surface area contributed by atoms with Gasteiger partial charge in [0.1, 0.15) is 10.6 Å². The number of piperidine rings is 1. The summed E-state index contributed by atoms with van der Waals surface area (Å²) in [5.74, 6) is -3.05. The first-order valence-electron chi connectivity index (χ1n) is 8.82. The number of hydrogen-bond acceptors (Lipinski definition) is 4. The van der Waals surface area contributed by atoms with Crippen LogP contribution in [0.4, 0.5) is 14.5 Å². The molecule has 0 saturated carbocycles. The summed E-state index contributed by atoms with van der Waals surface area (Å²) in [5, 5.41) is 2.75. The minimum atomic E-state index is -3.94. The van der Waals surface area contributed by atoms with Crippen molar-refractivity contribution in [2.24, 2.45) is 5.92 Å². The highest BCUT2D eigenvalue weighted by Gasteiger charge is 2.35. The number of carbonyl (C=O) groups is 1. The van der Waals surface area contributed by atoms with Crippen LogP contribution in [0.2, 0.25) is 5.02 Å². The van der Waals surface area contributed by atoms with Crippen molar-refractivity contribution in [1.29, 1.82) is 0 Å². The lowest BCUT2D eigenvalue weighted by molar-refractivity contribution is -0.120. The third kappa shape index (κ3) is 4.68. The summed E-state index contributed by atoms with van der Waals surface area (Å²) in [6.07, 6.45) is 0.937. The number of hydrogen-bond donors (Lipinski definition) is 1. The molecule has 3 rings (SSSR count). The lowest BCUT2D eigenvalue weighted by atomic mass is 9.98. The van der Waals surface area contributed by atoms with Crippen LogP contribution in [-0.4, -0.2) is 38.8 Å². The molecule has 29 heavy (non-hydrogen) atoms. The number of sulfonamides is 1. The fraction of sp³-hybridized carbons (Fsp3) is 0.316. The number of methoxy groups -OCH3 is 1. The summed E-state index contributed by atoms with van der Waals surface area (Å²) in [6.45, 7) is 0.195. The zero-order chi connectivity index (χ0) is 21.2. The molecule has 1 atom stereocenters. The Morgan fingerprint density at radius 2 is 1.97 bits per heavy atom. The number of nitrogens with zero attached hydrogens (tertiary/aromatic N) is 1. The van der Waals surface area contributed by atoms with Gasteiger partial charge in [-0.15, -0.1) is 0 Å². The van der Waals surface area contributed by atoms with E-state index in [0.717, 1.165) is 12.1 Å². The minimum Gasteiger partial charge on any atom is -0.495 e. The summed E-state index contributed by atoms with van der Waals surface area (Å²) < 4.78 is 58.9. The highest BCUT2D eigenvalue weighted by Crippen LogP contribution is 2.32. The summed E-state index contributed by atoms with van der Waals surface area (Å²) in [4.78, 5) is 12.5. The van der Waals surface area contributed by atoms with E-state index in [0.29, 0.717) is 12.8 Å². The molecule has 0 aliphatic carbocycles. The van der Waals surface area contributed by atoms with Crippen molar-refractivity contribution in [2.45, 2.75) is 17.7 Å². The monoisotopic (exact) mass is 444 g/mol. The second kappa shape index (κ2) is 8.64. The van der Waals surface area contributed by atoms with Gasteiger partial charge in [0.25, 0.3) is 0 Å². The van der Waals surface area contributed by atoms with Crippen LogP contribution in [0.1, 0.15) is 12.8 Å². The molecule has 2 aromatic carbocycles. The van der Waals surface area contributed by atoms with Gasteiger partial charge in [0.05, 0.1) is 13.0 Å². The summed E-state index contributed by atoms with van der Waals surface area (Å²) in [6, 6.07) is 7.32. The Balaban J connectivity index is 1.78. The number of halogens is 3. The Morgan fingerprint density at radius 3 is 2.66 bits per heavy atom. The van der Waals surface area contributed by atoms with Crippen molar-refractivity contribution in [1.82, 2.24) is 4.31 Å². The summed E-state index contributed by atoms with van der Waals surface area (Å²) >= 11 is 5.95.